The van der Waals surface area contributed by atoms with E-state index < -0.39 is 27.7 Å². The van der Waals surface area contributed by atoms with Crippen LogP contribution in [0.15, 0.2) is 42.5 Å². The van der Waals surface area contributed by atoms with E-state index in [0.717, 1.165) is 25.7 Å². The number of fused-ring (bicyclic) bond motifs is 1. The molecular formula is C23H26FN3O4S2. The lowest BCUT2D eigenvalue weighted by atomic mass is 9.96. The number of benzene rings is 2. The van der Waals surface area contributed by atoms with Gasteiger partial charge in [0.2, 0.25) is 15.9 Å². The van der Waals surface area contributed by atoms with Crippen molar-refractivity contribution in [2.24, 2.45) is 5.92 Å². The molecule has 4 rings (SSSR count). The largest absolute Gasteiger partial charge is 0.494 e. The van der Waals surface area contributed by atoms with E-state index in [1.807, 2.05) is 24.3 Å². The van der Waals surface area contributed by atoms with Gasteiger partial charge in [-0.05, 0) is 43.5 Å². The van der Waals surface area contributed by atoms with Crippen molar-refractivity contribution in [2.45, 2.75) is 26.2 Å². The fraction of sp³-hybridized carbons (Fsp3) is 0.391. The molecule has 1 fully saturated rings. The molecule has 0 spiro atoms. The Hall–Kier alpha value is -2.72. The highest BCUT2D eigenvalue weighted by molar-refractivity contribution is 7.93. The number of carbonyl (C=O) groups is 1. The number of hydrogen-bond donors (Lipinski definition) is 0. The van der Waals surface area contributed by atoms with E-state index in [0.29, 0.717) is 32.4 Å². The Kier molecular flexibility index (Phi) is 6.85. The van der Waals surface area contributed by atoms with Gasteiger partial charge >= 0.3 is 0 Å². The summed E-state index contributed by atoms with van der Waals surface area (Å²) in [4.78, 5) is 20.2. The number of rotatable bonds is 7. The molecule has 2 heterocycles. The van der Waals surface area contributed by atoms with Crippen LogP contribution in [0, 0.1) is 11.7 Å². The van der Waals surface area contributed by atoms with Crippen LogP contribution >= 0.6 is 11.3 Å². The normalized spacial score (nSPS) is 15.1. The molecule has 2 aromatic carbocycles. The summed E-state index contributed by atoms with van der Waals surface area (Å²) in [7, 11) is -2.61. The number of piperidine rings is 1. The third-order valence-electron chi connectivity index (χ3n) is 5.71. The fourth-order valence-corrected chi connectivity index (χ4v) is 6.61. The third kappa shape index (κ3) is 4.81. The van der Waals surface area contributed by atoms with Gasteiger partial charge in [0.05, 0.1) is 28.8 Å². The first-order valence-electron chi connectivity index (χ1n) is 10.8. The summed E-state index contributed by atoms with van der Waals surface area (Å²) in [5.74, 6) is -1.92. The van der Waals surface area contributed by atoms with E-state index in [1.54, 1.807) is 18.3 Å². The van der Waals surface area contributed by atoms with Gasteiger partial charge in [-0.1, -0.05) is 30.4 Å². The number of halogens is 1. The summed E-state index contributed by atoms with van der Waals surface area (Å²) in [5, 5.41) is 0.898. The molecule has 0 radical (unpaired) electrons. The second-order valence-corrected chi connectivity index (χ2v) is 10.9. The Morgan fingerprint density at radius 2 is 1.97 bits per heavy atom. The first-order chi connectivity index (χ1) is 15.8. The quantitative estimate of drug-likeness (QED) is 0.486. The number of carbonyl (C=O) groups excluding carboxylic acids is 1. The number of methoxy groups -OCH3 is 1. The van der Waals surface area contributed by atoms with Crippen LogP contribution in [0.5, 0.6) is 5.75 Å². The predicted octanol–water partition coefficient (Wildman–Crippen LogP) is 4.43. The van der Waals surface area contributed by atoms with E-state index in [1.165, 1.54) is 19.2 Å². The average molecular weight is 492 g/mol. The molecule has 0 bridgehead atoms. The van der Waals surface area contributed by atoms with Crippen molar-refractivity contribution in [3.05, 3.63) is 48.3 Å². The molecule has 0 unspecified atom stereocenters. The number of thiazole rings is 1. The molecule has 1 saturated heterocycles. The van der Waals surface area contributed by atoms with Gasteiger partial charge in [-0.3, -0.25) is 4.79 Å². The molecule has 3 aromatic rings. The Morgan fingerprint density at radius 3 is 2.61 bits per heavy atom. The number of para-hydroxylation sites is 1. The van der Waals surface area contributed by atoms with E-state index in [9.17, 15) is 17.6 Å². The zero-order valence-electron chi connectivity index (χ0n) is 18.5. The summed E-state index contributed by atoms with van der Waals surface area (Å²) in [5.41, 5.74) is 0.939. The zero-order chi connectivity index (χ0) is 23.6. The van der Waals surface area contributed by atoms with Crippen LogP contribution < -0.4 is 13.9 Å². The second kappa shape index (κ2) is 9.64. The monoisotopic (exact) mass is 491 g/mol. The number of amides is 1. The maximum absolute atomic E-state index is 14.3. The second-order valence-electron chi connectivity index (χ2n) is 7.96. The average Bonchev–Trinajstić information content (AvgIpc) is 3.23. The molecule has 1 aromatic heterocycles. The summed E-state index contributed by atoms with van der Waals surface area (Å²) in [6.45, 7) is 2.91. The minimum Gasteiger partial charge on any atom is -0.494 e. The molecule has 1 amide bonds. The van der Waals surface area contributed by atoms with Gasteiger partial charge in [0.1, 0.15) is 0 Å². The highest BCUT2D eigenvalue weighted by atomic mass is 32.2. The van der Waals surface area contributed by atoms with Gasteiger partial charge in [-0.15, -0.1) is 0 Å². The molecule has 0 atom stereocenters. The maximum atomic E-state index is 14.3. The van der Waals surface area contributed by atoms with Gasteiger partial charge in [-0.25, -0.2) is 22.1 Å². The molecule has 176 valence electrons. The van der Waals surface area contributed by atoms with Crippen LogP contribution in [0.1, 0.15) is 26.2 Å². The van der Waals surface area contributed by atoms with Crippen molar-refractivity contribution in [3.63, 3.8) is 0 Å². The van der Waals surface area contributed by atoms with Gasteiger partial charge in [-0.2, -0.15) is 0 Å². The van der Waals surface area contributed by atoms with Crippen molar-refractivity contribution in [2.75, 3.05) is 35.2 Å². The Labute approximate surface area is 196 Å². The van der Waals surface area contributed by atoms with Crippen molar-refractivity contribution >= 4 is 48.3 Å². The standard InChI is InChI=1S/C23H26FN3O4S2/c1-3-14-33(29,30)27(17-8-9-20(31-2)18(24)15-17)22(28)16-10-12-26(13-11-16)23-25-19-6-4-5-7-21(19)32-23/h4-9,15-16H,3,10-14H2,1-2H3. The molecule has 0 saturated carbocycles. The molecule has 1 aliphatic rings. The maximum Gasteiger partial charge on any atom is 0.243 e. The van der Waals surface area contributed by atoms with Gasteiger partial charge < -0.3 is 9.64 Å². The van der Waals surface area contributed by atoms with Crippen LogP contribution in [0.4, 0.5) is 15.2 Å². The van der Waals surface area contributed by atoms with Crippen LogP contribution in [0.2, 0.25) is 0 Å². The number of nitrogens with zero attached hydrogens (tertiary/aromatic N) is 3. The Bertz CT molecular complexity index is 1220. The fourth-order valence-electron chi connectivity index (χ4n) is 4.03. The molecule has 0 N–H and O–H groups in total. The Balaban J connectivity index is 1.55. The summed E-state index contributed by atoms with van der Waals surface area (Å²) in [6, 6.07) is 11.7. The van der Waals surface area contributed by atoms with Crippen molar-refractivity contribution in [1.82, 2.24) is 4.98 Å². The van der Waals surface area contributed by atoms with Gasteiger partial charge in [0.15, 0.2) is 16.7 Å². The molecular weight excluding hydrogens is 465 g/mol. The lowest BCUT2D eigenvalue weighted by Gasteiger charge is -2.33. The minimum atomic E-state index is -3.94. The third-order valence-corrected chi connectivity index (χ3v) is 8.68. The summed E-state index contributed by atoms with van der Waals surface area (Å²) < 4.78 is 47.2. The lowest BCUT2D eigenvalue weighted by molar-refractivity contribution is -0.121. The molecule has 10 heteroatoms. The molecule has 0 aliphatic carbocycles. The van der Waals surface area contributed by atoms with Gasteiger partial charge in [0.25, 0.3) is 0 Å². The summed E-state index contributed by atoms with van der Waals surface area (Å²) in [6.07, 6.45) is 1.33. The molecule has 7 nitrogen and oxygen atoms in total. The van der Waals surface area contributed by atoms with E-state index in [4.69, 9.17) is 4.74 Å². The van der Waals surface area contributed by atoms with Crippen LogP contribution in [-0.4, -0.2) is 45.3 Å². The first-order valence-corrected chi connectivity index (χ1v) is 13.3. The number of aromatic nitrogens is 1. The van der Waals surface area contributed by atoms with E-state index >= 15 is 0 Å². The van der Waals surface area contributed by atoms with Crippen LogP contribution in [0.3, 0.4) is 0 Å². The summed E-state index contributed by atoms with van der Waals surface area (Å²) >= 11 is 1.60. The van der Waals surface area contributed by atoms with Crippen molar-refractivity contribution in [1.29, 1.82) is 0 Å². The number of ether oxygens (including phenoxy) is 1. The van der Waals surface area contributed by atoms with Crippen LogP contribution in [0.25, 0.3) is 10.2 Å². The topological polar surface area (TPSA) is 79.8 Å². The Morgan fingerprint density at radius 1 is 1.24 bits per heavy atom. The minimum absolute atomic E-state index is 0.000327. The molecule has 33 heavy (non-hydrogen) atoms. The first kappa shape index (κ1) is 23.4. The smallest absolute Gasteiger partial charge is 0.243 e. The predicted molar refractivity (Wildman–Crippen MR) is 129 cm³/mol. The highest BCUT2D eigenvalue weighted by Crippen LogP contribution is 2.33. The molecule has 1 aliphatic heterocycles. The zero-order valence-corrected chi connectivity index (χ0v) is 20.2. The van der Waals surface area contributed by atoms with E-state index in [-0.39, 0.29) is 17.2 Å². The number of sulfonamides is 1. The lowest BCUT2D eigenvalue weighted by Crippen LogP contribution is -2.46. The van der Waals surface area contributed by atoms with Crippen molar-refractivity contribution < 1.29 is 22.3 Å². The van der Waals surface area contributed by atoms with Crippen molar-refractivity contribution in [3.8, 4) is 5.75 Å². The van der Waals surface area contributed by atoms with Crippen LogP contribution in [-0.2, 0) is 14.8 Å². The SMILES string of the molecule is CCCS(=O)(=O)N(C(=O)C1CCN(c2nc3ccccc3s2)CC1)c1ccc(OC)c(F)c1. The highest BCUT2D eigenvalue weighted by Gasteiger charge is 2.36. The van der Waals surface area contributed by atoms with Gasteiger partial charge in [0, 0.05) is 25.1 Å². The number of anilines is 2. The number of hydrogen-bond acceptors (Lipinski definition) is 7. The van der Waals surface area contributed by atoms with E-state index in [2.05, 4.69) is 9.88 Å².